The van der Waals surface area contributed by atoms with Crippen LogP contribution in [0.4, 0.5) is 4.79 Å². The number of urea groups is 1. The van der Waals surface area contributed by atoms with Gasteiger partial charge in [-0.05, 0) is 19.3 Å². The molecule has 2 rings (SSSR count). The molecule has 1 fully saturated rings. The van der Waals surface area contributed by atoms with Crippen molar-refractivity contribution in [1.82, 2.24) is 20.6 Å². The number of aromatic nitrogens is 2. The number of hydrogen-bond donors (Lipinski definition) is 4. The van der Waals surface area contributed by atoms with E-state index in [0.717, 1.165) is 6.42 Å². The molecule has 7 heteroatoms. The highest BCUT2D eigenvalue weighted by atomic mass is 16.4. The van der Waals surface area contributed by atoms with E-state index in [0.29, 0.717) is 25.1 Å². The molecule has 0 aliphatic heterocycles. The summed E-state index contributed by atoms with van der Waals surface area (Å²) in [5.74, 6) is -0.626. The Labute approximate surface area is 117 Å². The van der Waals surface area contributed by atoms with Gasteiger partial charge in [0.05, 0.1) is 12.0 Å². The summed E-state index contributed by atoms with van der Waals surface area (Å²) in [5.41, 5.74) is 0. The number of hydrogen-bond acceptors (Lipinski definition) is 3. The quantitative estimate of drug-likeness (QED) is 0.654. The molecule has 110 valence electrons. The largest absolute Gasteiger partial charge is 0.481 e. The maximum Gasteiger partial charge on any atom is 0.315 e. The molecule has 1 aromatic heterocycles. The van der Waals surface area contributed by atoms with E-state index in [2.05, 4.69) is 20.6 Å². The van der Waals surface area contributed by atoms with Crippen LogP contribution in [0.5, 0.6) is 0 Å². The van der Waals surface area contributed by atoms with Crippen molar-refractivity contribution in [3.8, 4) is 0 Å². The number of carboxylic acid groups (broad SMARTS) is 1. The van der Waals surface area contributed by atoms with Crippen LogP contribution in [0, 0.1) is 5.92 Å². The Bertz CT molecular complexity index is 460. The van der Waals surface area contributed by atoms with Crippen molar-refractivity contribution in [2.24, 2.45) is 5.92 Å². The summed E-state index contributed by atoms with van der Waals surface area (Å²) in [7, 11) is 0. The normalized spacial score (nSPS) is 23.2. The molecular weight excluding hydrogens is 260 g/mol. The van der Waals surface area contributed by atoms with Gasteiger partial charge in [0.25, 0.3) is 0 Å². The summed E-state index contributed by atoms with van der Waals surface area (Å²) < 4.78 is 0. The number of nitrogens with one attached hydrogen (secondary N) is 3. The van der Waals surface area contributed by atoms with Crippen molar-refractivity contribution in [2.75, 3.05) is 0 Å². The van der Waals surface area contributed by atoms with Gasteiger partial charge in [0.2, 0.25) is 0 Å². The molecule has 0 spiro atoms. The first-order valence-electron chi connectivity index (χ1n) is 6.91. The first-order valence-corrected chi connectivity index (χ1v) is 6.91. The van der Waals surface area contributed by atoms with Crippen LogP contribution in [0.1, 0.15) is 44.5 Å². The van der Waals surface area contributed by atoms with Crippen LogP contribution in [-0.4, -0.2) is 33.1 Å². The van der Waals surface area contributed by atoms with E-state index in [-0.39, 0.29) is 18.1 Å². The van der Waals surface area contributed by atoms with Gasteiger partial charge in [-0.3, -0.25) is 4.79 Å². The predicted molar refractivity (Wildman–Crippen MR) is 72.1 cm³/mol. The van der Waals surface area contributed by atoms with Gasteiger partial charge in [0.1, 0.15) is 5.82 Å². The molecule has 1 aliphatic rings. The summed E-state index contributed by atoms with van der Waals surface area (Å²) >= 11 is 0. The fourth-order valence-corrected chi connectivity index (χ4v) is 2.63. The fourth-order valence-electron chi connectivity index (χ4n) is 2.63. The monoisotopic (exact) mass is 280 g/mol. The van der Waals surface area contributed by atoms with Gasteiger partial charge in [-0.15, -0.1) is 0 Å². The van der Waals surface area contributed by atoms with Gasteiger partial charge in [0.15, 0.2) is 0 Å². The van der Waals surface area contributed by atoms with E-state index in [1.807, 2.05) is 6.92 Å². The highest BCUT2D eigenvalue weighted by molar-refractivity contribution is 5.77. The molecule has 7 nitrogen and oxygen atoms in total. The standard InChI is InChI=1S/C13H20N4O3/c1-2-9(11-14-6-7-15-11)16-13(20)17-10-5-3-4-8(10)12(18)19/h6-10H,2-5H2,1H3,(H,14,15)(H,18,19)(H2,16,17,20). The average Bonchev–Trinajstić information content (AvgIpc) is 3.06. The van der Waals surface area contributed by atoms with Gasteiger partial charge in [-0.2, -0.15) is 0 Å². The molecule has 3 unspecified atom stereocenters. The molecular formula is C13H20N4O3. The second kappa shape index (κ2) is 6.40. The molecule has 1 aromatic rings. The SMILES string of the molecule is CCC(NC(=O)NC1CCCC1C(=O)O)c1ncc[nH]1. The smallest absolute Gasteiger partial charge is 0.315 e. The number of aliphatic carboxylic acids is 1. The number of carbonyl (C=O) groups excluding carboxylic acids is 1. The van der Waals surface area contributed by atoms with E-state index in [1.165, 1.54) is 0 Å². The van der Waals surface area contributed by atoms with Gasteiger partial charge < -0.3 is 20.7 Å². The maximum absolute atomic E-state index is 12.0. The minimum absolute atomic E-state index is 0.199. The fraction of sp³-hybridized carbons (Fsp3) is 0.615. The lowest BCUT2D eigenvalue weighted by Crippen LogP contribution is -2.46. The number of aromatic amines is 1. The highest BCUT2D eigenvalue weighted by Crippen LogP contribution is 2.25. The minimum Gasteiger partial charge on any atom is -0.481 e. The number of carbonyl (C=O) groups is 2. The molecule has 3 atom stereocenters. The summed E-state index contributed by atoms with van der Waals surface area (Å²) in [4.78, 5) is 30.1. The number of nitrogens with zero attached hydrogens (tertiary/aromatic N) is 1. The minimum atomic E-state index is -0.842. The van der Waals surface area contributed by atoms with Crippen molar-refractivity contribution >= 4 is 12.0 Å². The predicted octanol–water partition coefficient (Wildman–Crippen LogP) is 1.41. The third-order valence-corrected chi connectivity index (χ3v) is 3.71. The van der Waals surface area contributed by atoms with Crippen LogP contribution in [0.15, 0.2) is 12.4 Å². The second-order valence-corrected chi connectivity index (χ2v) is 5.04. The Balaban J connectivity index is 1.90. The van der Waals surface area contributed by atoms with Gasteiger partial charge in [0, 0.05) is 18.4 Å². The Kier molecular flexibility index (Phi) is 4.60. The Morgan fingerprint density at radius 1 is 1.55 bits per heavy atom. The topological polar surface area (TPSA) is 107 Å². The first kappa shape index (κ1) is 14.4. The number of amides is 2. The van der Waals surface area contributed by atoms with E-state index in [4.69, 9.17) is 5.11 Å². The molecule has 2 amide bonds. The molecule has 1 saturated carbocycles. The maximum atomic E-state index is 12.0. The second-order valence-electron chi connectivity index (χ2n) is 5.04. The molecule has 20 heavy (non-hydrogen) atoms. The molecule has 1 heterocycles. The lowest BCUT2D eigenvalue weighted by molar-refractivity contribution is -0.142. The van der Waals surface area contributed by atoms with Gasteiger partial charge in [-0.1, -0.05) is 13.3 Å². The Morgan fingerprint density at radius 3 is 2.95 bits per heavy atom. The first-order chi connectivity index (χ1) is 9.61. The molecule has 0 bridgehead atoms. The number of rotatable bonds is 5. The van der Waals surface area contributed by atoms with E-state index >= 15 is 0 Å². The van der Waals surface area contributed by atoms with E-state index in [9.17, 15) is 9.59 Å². The molecule has 4 N–H and O–H groups in total. The van der Waals surface area contributed by atoms with Crippen molar-refractivity contribution in [3.05, 3.63) is 18.2 Å². The van der Waals surface area contributed by atoms with Crippen molar-refractivity contribution in [3.63, 3.8) is 0 Å². The van der Waals surface area contributed by atoms with Crippen LogP contribution >= 0.6 is 0 Å². The molecule has 0 saturated heterocycles. The Hall–Kier alpha value is -2.05. The van der Waals surface area contributed by atoms with Crippen LogP contribution in [0.3, 0.4) is 0 Å². The number of H-pyrrole nitrogens is 1. The van der Waals surface area contributed by atoms with Gasteiger partial charge in [-0.25, -0.2) is 9.78 Å². The lowest BCUT2D eigenvalue weighted by Gasteiger charge is -2.20. The van der Waals surface area contributed by atoms with Crippen LogP contribution in [0.25, 0.3) is 0 Å². The van der Waals surface area contributed by atoms with Crippen LogP contribution in [0.2, 0.25) is 0 Å². The number of imidazole rings is 1. The Morgan fingerprint density at radius 2 is 2.35 bits per heavy atom. The zero-order chi connectivity index (χ0) is 14.5. The third kappa shape index (κ3) is 3.28. The molecule has 0 aromatic carbocycles. The zero-order valence-electron chi connectivity index (χ0n) is 11.4. The third-order valence-electron chi connectivity index (χ3n) is 3.71. The number of carboxylic acids is 1. The van der Waals surface area contributed by atoms with Crippen molar-refractivity contribution < 1.29 is 14.7 Å². The molecule has 1 aliphatic carbocycles. The highest BCUT2D eigenvalue weighted by Gasteiger charge is 2.34. The van der Waals surface area contributed by atoms with Crippen LogP contribution in [-0.2, 0) is 4.79 Å². The van der Waals surface area contributed by atoms with E-state index < -0.39 is 11.9 Å². The van der Waals surface area contributed by atoms with Crippen LogP contribution < -0.4 is 10.6 Å². The lowest BCUT2D eigenvalue weighted by atomic mass is 10.0. The summed E-state index contributed by atoms with van der Waals surface area (Å²) in [5, 5.41) is 14.7. The zero-order valence-corrected chi connectivity index (χ0v) is 11.4. The van der Waals surface area contributed by atoms with Crippen molar-refractivity contribution in [2.45, 2.75) is 44.7 Å². The summed E-state index contributed by atoms with van der Waals surface area (Å²) in [6.45, 7) is 1.95. The summed E-state index contributed by atoms with van der Waals surface area (Å²) in [6.07, 6.45) is 6.20. The van der Waals surface area contributed by atoms with E-state index in [1.54, 1.807) is 12.4 Å². The van der Waals surface area contributed by atoms with Crippen molar-refractivity contribution in [1.29, 1.82) is 0 Å². The summed E-state index contributed by atoms with van der Waals surface area (Å²) in [6, 6.07) is -0.831. The molecule has 0 radical (unpaired) electrons. The van der Waals surface area contributed by atoms with Gasteiger partial charge >= 0.3 is 12.0 Å². The average molecular weight is 280 g/mol.